The van der Waals surface area contributed by atoms with Crippen LogP contribution in [0.15, 0.2) is 18.2 Å². The number of hydrogen-bond acceptors (Lipinski definition) is 3. The van der Waals surface area contributed by atoms with Gasteiger partial charge in [-0.1, -0.05) is 30.7 Å². The summed E-state index contributed by atoms with van der Waals surface area (Å²) in [5.74, 6) is 0.132. The number of benzene rings is 1. The van der Waals surface area contributed by atoms with Gasteiger partial charge in [-0.2, -0.15) is 0 Å². The Bertz CT molecular complexity index is 535. The predicted octanol–water partition coefficient (Wildman–Crippen LogP) is 3.05. The van der Waals surface area contributed by atoms with E-state index in [0.29, 0.717) is 17.0 Å². The zero-order valence-electron chi connectivity index (χ0n) is 10.6. The van der Waals surface area contributed by atoms with Gasteiger partial charge in [0.25, 0.3) is 0 Å². The van der Waals surface area contributed by atoms with Crippen LogP contribution in [0.1, 0.15) is 35.7 Å². The molecule has 0 N–H and O–H groups in total. The van der Waals surface area contributed by atoms with E-state index in [1.807, 2.05) is 0 Å². The van der Waals surface area contributed by atoms with Crippen LogP contribution in [0.5, 0.6) is 0 Å². The summed E-state index contributed by atoms with van der Waals surface area (Å²) in [6.07, 6.45) is 0.599. The van der Waals surface area contributed by atoms with Crippen molar-refractivity contribution >= 4 is 27.2 Å². The molecule has 0 aliphatic carbocycles. The summed E-state index contributed by atoms with van der Waals surface area (Å²) in [4.78, 5) is 11.9. The molecule has 0 radical (unpaired) electrons. The maximum absolute atomic E-state index is 11.9. The van der Waals surface area contributed by atoms with Gasteiger partial charge in [-0.3, -0.25) is 4.79 Å². The van der Waals surface area contributed by atoms with Crippen molar-refractivity contribution in [1.29, 1.82) is 0 Å². The lowest BCUT2D eigenvalue weighted by atomic mass is 10.0. The van der Waals surface area contributed by atoms with E-state index in [2.05, 4.69) is 0 Å². The van der Waals surface area contributed by atoms with Crippen LogP contribution in [-0.4, -0.2) is 25.7 Å². The maximum Gasteiger partial charge on any atom is 0.163 e. The van der Waals surface area contributed by atoms with E-state index in [1.54, 1.807) is 32.0 Å². The standard InChI is InChI=1S/C13H17ClO3S/c1-3-18(16,17)9-5-8-13(15)11-6-4-7-12(14)10(11)2/h4,6-7H,3,5,8-9H2,1-2H3. The molecule has 0 heterocycles. The smallest absolute Gasteiger partial charge is 0.163 e. The van der Waals surface area contributed by atoms with Crippen LogP contribution in [-0.2, 0) is 9.84 Å². The van der Waals surface area contributed by atoms with Crippen LogP contribution in [0.25, 0.3) is 0 Å². The number of hydrogen-bond donors (Lipinski definition) is 0. The average Bonchev–Trinajstić information content (AvgIpc) is 2.32. The fourth-order valence-corrected chi connectivity index (χ4v) is 2.69. The van der Waals surface area contributed by atoms with Crippen LogP contribution in [0.3, 0.4) is 0 Å². The van der Waals surface area contributed by atoms with Crippen LogP contribution in [0.2, 0.25) is 5.02 Å². The van der Waals surface area contributed by atoms with E-state index in [9.17, 15) is 13.2 Å². The second kappa shape index (κ2) is 6.34. The number of sulfone groups is 1. The molecule has 0 saturated carbocycles. The number of rotatable bonds is 6. The normalized spacial score (nSPS) is 11.5. The molecule has 0 aliphatic heterocycles. The summed E-state index contributed by atoms with van der Waals surface area (Å²) in [6, 6.07) is 5.18. The minimum Gasteiger partial charge on any atom is -0.294 e. The van der Waals surface area contributed by atoms with Crippen LogP contribution < -0.4 is 0 Å². The van der Waals surface area contributed by atoms with Gasteiger partial charge in [-0.05, 0) is 25.0 Å². The van der Waals surface area contributed by atoms with Crippen molar-refractivity contribution in [2.45, 2.75) is 26.7 Å². The van der Waals surface area contributed by atoms with Crippen LogP contribution in [0, 0.1) is 6.92 Å². The quantitative estimate of drug-likeness (QED) is 0.756. The molecule has 0 unspecified atom stereocenters. The van der Waals surface area contributed by atoms with Gasteiger partial charge in [0, 0.05) is 22.8 Å². The van der Waals surface area contributed by atoms with Crippen molar-refractivity contribution in [3.63, 3.8) is 0 Å². The number of carbonyl (C=O) groups excluding carboxylic acids is 1. The highest BCUT2D eigenvalue weighted by Gasteiger charge is 2.13. The number of ketones is 1. The minimum atomic E-state index is -2.99. The summed E-state index contributed by atoms with van der Waals surface area (Å²) in [5.41, 5.74) is 1.33. The second-order valence-electron chi connectivity index (χ2n) is 4.18. The molecule has 0 fully saturated rings. The van der Waals surface area contributed by atoms with Crippen molar-refractivity contribution < 1.29 is 13.2 Å². The monoisotopic (exact) mass is 288 g/mol. The second-order valence-corrected chi connectivity index (χ2v) is 7.06. The minimum absolute atomic E-state index is 0.0543. The van der Waals surface area contributed by atoms with Crippen molar-refractivity contribution in [1.82, 2.24) is 0 Å². The van der Waals surface area contributed by atoms with Gasteiger partial charge in [0.05, 0.1) is 5.75 Å². The predicted molar refractivity (Wildman–Crippen MR) is 74.1 cm³/mol. The molecule has 5 heteroatoms. The molecule has 0 amide bonds. The lowest BCUT2D eigenvalue weighted by molar-refractivity contribution is 0.0981. The van der Waals surface area contributed by atoms with Gasteiger partial charge in [0.15, 0.2) is 5.78 Å². The highest BCUT2D eigenvalue weighted by atomic mass is 35.5. The first-order valence-corrected chi connectivity index (χ1v) is 8.06. The van der Waals surface area contributed by atoms with E-state index < -0.39 is 9.84 Å². The Kier molecular flexibility index (Phi) is 5.35. The van der Waals surface area contributed by atoms with E-state index in [4.69, 9.17) is 11.6 Å². The molecule has 0 atom stereocenters. The zero-order valence-corrected chi connectivity index (χ0v) is 12.1. The largest absolute Gasteiger partial charge is 0.294 e. The summed E-state index contributed by atoms with van der Waals surface area (Å²) < 4.78 is 22.6. The summed E-state index contributed by atoms with van der Waals surface area (Å²) >= 11 is 5.94. The number of halogens is 1. The Hall–Kier alpha value is -0.870. The number of Topliss-reactive ketones (excluding diaryl/α,β-unsaturated/α-hetero) is 1. The fraction of sp³-hybridized carbons (Fsp3) is 0.462. The fourth-order valence-electron chi connectivity index (χ4n) is 1.64. The van der Waals surface area contributed by atoms with E-state index in [1.165, 1.54) is 0 Å². The van der Waals surface area contributed by atoms with Crippen LogP contribution in [0.4, 0.5) is 0 Å². The average molecular weight is 289 g/mol. The lowest BCUT2D eigenvalue weighted by Gasteiger charge is -2.06. The molecule has 0 spiro atoms. The lowest BCUT2D eigenvalue weighted by Crippen LogP contribution is -2.11. The summed E-state index contributed by atoms with van der Waals surface area (Å²) in [5, 5.41) is 0.557. The SMILES string of the molecule is CCS(=O)(=O)CCCC(=O)c1cccc(Cl)c1C. The van der Waals surface area contributed by atoms with Gasteiger partial charge in [-0.25, -0.2) is 8.42 Å². The Morgan fingerprint density at radius 2 is 2.00 bits per heavy atom. The molecule has 0 saturated heterocycles. The molecule has 1 rings (SSSR count). The summed E-state index contributed by atoms with van der Waals surface area (Å²) in [7, 11) is -2.99. The van der Waals surface area contributed by atoms with Crippen LogP contribution >= 0.6 is 11.6 Å². The number of carbonyl (C=O) groups is 1. The molecule has 100 valence electrons. The first kappa shape index (κ1) is 15.2. The van der Waals surface area contributed by atoms with Gasteiger partial charge in [0.1, 0.15) is 9.84 Å². The van der Waals surface area contributed by atoms with Gasteiger partial charge < -0.3 is 0 Å². The van der Waals surface area contributed by atoms with Crippen molar-refractivity contribution in [2.75, 3.05) is 11.5 Å². The molecular weight excluding hydrogens is 272 g/mol. The molecule has 18 heavy (non-hydrogen) atoms. The topological polar surface area (TPSA) is 51.2 Å². The zero-order chi connectivity index (χ0) is 13.8. The van der Waals surface area contributed by atoms with E-state index in [0.717, 1.165) is 5.56 Å². The molecular formula is C13H17ClO3S. The van der Waals surface area contributed by atoms with Gasteiger partial charge in [-0.15, -0.1) is 0 Å². The maximum atomic E-state index is 11.9. The van der Waals surface area contributed by atoms with Crippen molar-refractivity contribution in [2.24, 2.45) is 0 Å². The third-order valence-electron chi connectivity index (χ3n) is 2.87. The molecule has 0 bridgehead atoms. The Labute approximate surface area is 113 Å². The summed E-state index contributed by atoms with van der Waals surface area (Å²) in [6.45, 7) is 3.40. The molecule has 1 aromatic rings. The highest BCUT2D eigenvalue weighted by molar-refractivity contribution is 7.91. The Balaban J connectivity index is 2.64. The van der Waals surface area contributed by atoms with E-state index >= 15 is 0 Å². The first-order valence-electron chi connectivity index (χ1n) is 5.86. The van der Waals surface area contributed by atoms with Gasteiger partial charge in [0.2, 0.25) is 0 Å². The first-order chi connectivity index (χ1) is 8.37. The molecule has 1 aromatic carbocycles. The van der Waals surface area contributed by atoms with Gasteiger partial charge >= 0.3 is 0 Å². The third-order valence-corrected chi connectivity index (χ3v) is 5.07. The van der Waals surface area contributed by atoms with E-state index in [-0.39, 0.29) is 23.7 Å². The highest BCUT2D eigenvalue weighted by Crippen LogP contribution is 2.20. The molecule has 0 aromatic heterocycles. The third kappa shape index (κ3) is 4.10. The Morgan fingerprint density at radius 1 is 1.33 bits per heavy atom. The van der Waals surface area contributed by atoms with Crippen molar-refractivity contribution in [3.05, 3.63) is 34.3 Å². The molecule has 0 aliphatic rings. The van der Waals surface area contributed by atoms with Crippen molar-refractivity contribution in [3.8, 4) is 0 Å². The molecule has 3 nitrogen and oxygen atoms in total. The Morgan fingerprint density at radius 3 is 2.61 bits per heavy atom.